The van der Waals surface area contributed by atoms with E-state index in [9.17, 15) is 13.2 Å². The van der Waals surface area contributed by atoms with Crippen molar-refractivity contribution in [2.45, 2.75) is 25.3 Å². The predicted molar refractivity (Wildman–Crippen MR) is 57.4 cm³/mol. The van der Waals surface area contributed by atoms with Gasteiger partial charge in [-0.3, -0.25) is 9.52 Å². The molecule has 1 rings (SSSR count). The summed E-state index contributed by atoms with van der Waals surface area (Å²) in [5.74, 6) is -0.803. The molecular formula is C9H16N2O3S. The van der Waals surface area contributed by atoms with Gasteiger partial charge in [0, 0.05) is 5.92 Å². The maximum absolute atomic E-state index is 11.5. The van der Waals surface area contributed by atoms with Crippen LogP contribution in [0.5, 0.6) is 0 Å². The number of rotatable bonds is 5. The zero-order valence-corrected chi connectivity index (χ0v) is 9.51. The van der Waals surface area contributed by atoms with Crippen molar-refractivity contribution < 1.29 is 13.2 Å². The highest BCUT2D eigenvalue weighted by Gasteiger charge is 2.56. The minimum atomic E-state index is -3.52. The van der Waals surface area contributed by atoms with Crippen molar-refractivity contribution in [2.24, 2.45) is 11.7 Å². The van der Waals surface area contributed by atoms with Crippen molar-refractivity contribution >= 4 is 15.9 Å². The van der Waals surface area contributed by atoms with Gasteiger partial charge in [0.15, 0.2) is 0 Å². The van der Waals surface area contributed by atoms with E-state index in [0.29, 0.717) is 12.8 Å². The maximum atomic E-state index is 11.5. The average molecular weight is 232 g/mol. The molecule has 0 radical (unpaired) electrons. The van der Waals surface area contributed by atoms with E-state index in [0.717, 1.165) is 0 Å². The molecule has 5 nitrogen and oxygen atoms in total. The molecule has 1 aliphatic carbocycles. The first-order valence-corrected chi connectivity index (χ1v) is 6.47. The van der Waals surface area contributed by atoms with Gasteiger partial charge in [-0.1, -0.05) is 13.0 Å². The molecular weight excluding hydrogens is 216 g/mol. The first kappa shape index (κ1) is 12.2. The fraction of sp³-hybridized carbons (Fsp3) is 0.667. The molecule has 1 amide bonds. The van der Waals surface area contributed by atoms with E-state index in [-0.39, 0.29) is 11.7 Å². The Morgan fingerprint density at radius 3 is 2.73 bits per heavy atom. The summed E-state index contributed by atoms with van der Waals surface area (Å²) < 4.78 is 24.6. The van der Waals surface area contributed by atoms with Crippen LogP contribution in [0.25, 0.3) is 0 Å². The summed E-state index contributed by atoms with van der Waals surface area (Å²) in [4.78, 5) is 11.5. The van der Waals surface area contributed by atoms with E-state index >= 15 is 0 Å². The molecule has 6 heteroatoms. The number of carbonyl (C=O) groups is 1. The molecule has 0 aromatic carbocycles. The van der Waals surface area contributed by atoms with Crippen LogP contribution < -0.4 is 10.5 Å². The Bertz CT molecular complexity index is 377. The first-order chi connectivity index (χ1) is 6.85. The highest BCUT2D eigenvalue weighted by molar-refractivity contribution is 7.90. The predicted octanol–water partition coefficient (Wildman–Crippen LogP) is -0.254. The summed E-state index contributed by atoms with van der Waals surface area (Å²) in [6, 6.07) is 0. The second-order valence-electron chi connectivity index (χ2n) is 3.84. The largest absolute Gasteiger partial charge is 0.317 e. The monoisotopic (exact) mass is 232 g/mol. The van der Waals surface area contributed by atoms with Crippen LogP contribution in [-0.2, 0) is 14.8 Å². The van der Waals surface area contributed by atoms with Crippen molar-refractivity contribution in [1.82, 2.24) is 4.72 Å². The van der Waals surface area contributed by atoms with Crippen LogP contribution >= 0.6 is 0 Å². The molecule has 86 valence electrons. The van der Waals surface area contributed by atoms with Gasteiger partial charge in [-0.15, -0.1) is 6.58 Å². The molecule has 1 saturated carbocycles. The van der Waals surface area contributed by atoms with Gasteiger partial charge in [-0.05, 0) is 12.8 Å². The van der Waals surface area contributed by atoms with Gasteiger partial charge in [-0.25, -0.2) is 8.42 Å². The topological polar surface area (TPSA) is 89.3 Å². The van der Waals surface area contributed by atoms with Crippen molar-refractivity contribution in [1.29, 1.82) is 0 Å². The van der Waals surface area contributed by atoms with E-state index < -0.39 is 21.5 Å². The lowest BCUT2D eigenvalue weighted by Crippen LogP contribution is -2.47. The lowest BCUT2D eigenvalue weighted by molar-refractivity contribution is -0.121. The molecule has 1 aliphatic rings. The van der Waals surface area contributed by atoms with Gasteiger partial charge in [-0.2, -0.15) is 0 Å². The SMILES string of the molecule is C=CC1CC1(N)C(=O)NS(=O)(=O)CCC. The quantitative estimate of drug-likeness (QED) is 0.639. The Morgan fingerprint density at radius 2 is 2.33 bits per heavy atom. The van der Waals surface area contributed by atoms with Crippen LogP contribution in [-0.4, -0.2) is 25.6 Å². The number of hydrogen-bond donors (Lipinski definition) is 2. The summed E-state index contributed by atoms with van der Waals surface area (Å²) in [7, 11) is -3.52. The highest BCUT2D eigenvalue weighted by atomic mass is 32.2. The Morgan fingerprint density at radius 1 is 1.73 bits per heavy atom. The lowest BCUT2D eigenvalue weighted by Gasteiger charge is -2.11. The Hall–Kier alpha value is -0.880. The van der Waals surface area contributed by atoms with Crippen molar-refractivity contribution in [3.63, 3.8) is 0 Å². The standard InChI is InChI=1S/C9H16N2O3S/c1-3-5-15(13,14)11-8(12)9(10)6-7(9)4-2/h4,7H,2-3,5-6,10H2,1H3,(H,11,12). The van der Waals surface area contributed by atoms with Crippen LogP contribution in [0.15, 0.2) is 12.7 Å². The minimum absolute atomic E-state index is 0.0619. The first-order valence-electron chi connectivity index (χ1n) is 4.82. The molecule has 0 bridgehead atoms. The molecule has 0 aliphatic heterocycles. The van der Waals surface area contributed by atoms with Crippen molar-refractivity contribution in [2.75, 3.05) is 5.75 Å². The van der Waals surface area contributed by atoms with Crippen molar-refractivity contribution in [3.8, 4) is 0 Å². The zero-order chi connectivity index (χ0) is 11.7. The third-order valence-electron chi connectivity index (χ3n) is 2.49. The molecule has 0 aromatic rings. The number of carbonyl (C=O) groups excluding carboxylic acids is 1. The van der Waals surface area contributed by atoms with Crippen molar-refractivity contribution in [3.05, 3.63) is 12.7 Å². The lowest BCUT2D eigenvalue weighted by atomic mass is 10.2. The van der Waals surface area contributed by atoms with Crippen LogP contribution in [0.4, 0.5) is 0 Å². The molecule has 2 atom stereocenters. The van der Waals surface area contributed by atoms with Crippen LogP contribution in [0.1, 0.15) is 19.8 Å². The summed E-state index contributed by atoms with van der Waals surface area (Å²) in [6.07, 6.45) is 2.50. The third-order valence-corrected chi connectivity index (χ3v) is 3.93. The average Bonchev–Trinajstić information content (AvgIpc) is 2.77. The molecule has 2 unspecified atom stereocenters. The van der Waals surface area contributed by atoms with E-state index in [4.69, 9.17) is 5.73 Å². The van der Waals surface area contributed by atoms with Gasteiger partial charge in [0.05, 0.1) is 5.75 Å². The fourth-order valence-corrected chi connectivity index (χ4v) is 2.53. The van der Waals surface area contributed by atoms with E-state index in [1.807, 2.05) is 4.72 Å². The van der Waals surface area contributed by atoms with E-state index in [1.54, 1.807) is 13.0 Å². The zero-order valence-electron chi connectivity index (χ0n) is 8.69. The summed E-state index contributed by atoms with van der Waals surface area (Å²) in [5.41, 5.74) is 4.63. The second-order valence-corrected chi connectivity index (χ2v) is 5.68. The van der Waals surface area contributed by atoms with E-state index in [2.05, 4.69) is 6.58 Å². The third kappa shape index (κ3) is 2.57. The van der Waals surface area contributed by atoms with Gasteiger partial charge in [0.2, 0.25) is 10.0 Å². The number of amides is 1. The molecule has 0 saturated heterocycles. The molecule has 0 heterocycles. The van der Waals surface area contributed by atoms with Gasteiger partial charge in [0.25, 0.3) is 5.91 Å². The van der Waals surface area contributed by atoms with Gasteiger partial charge >= 0.3 is 0 Å². The minimum Gasteiger partial charge on any atom is -0.317 e. The Balaban J connectivity index is 2.62. The maximum Gasteiger partial charge on any atom is 0.254 e. The van der Waals surface area contributed by atoms with Gasteiger partial charge in [0.1, 0.15) is 5.54 Å². The summed E-state index contributed by atoms with van der Waals surface area (Å²) in [6.45, 7) is 5.25. The van der Waals surface area contributed by atoms with Crippen LogP contribution in [0.2, 0.25) is 0 Å². The number of sulfonamides is 1. The smallest absolute Gasteiger partial charge is 0.254 e. The van der Waals surface area contributed by atoms with Gasteiger partial charge < -0.3 is 5.73 Å². The highest BCUT2D eigenvalue weighted by Crippen LogP contribution is 2.41. The molecule has 1 fully saturated rings. The Labute approximate surface area is 89.8 Å². The number of hydrogen-bond acceptors (Lipinski definition) is 4. The summed E-state index contributed by atoms with van der Waals surface area (Å²) >= 11 is 0. The normalized spacial score (nSPS) is 29.6. The van der Waals surface area contributed by atoms with Crippen LogP contribution in [0.3, 0.4) is 0 Å². The molecule has 15 heavy (non-hydrogen) atoms. The van der Waals surface area contributed by atoms with Crippen LogP contribution in [0, 0.1) is 5.92 Å². The number of nitrogens with one attached hydrogen (secondary N) is 1. The molecule has 3 N–H and O–H groups in total. The molecule has 0 aromatic heterocycles. The Kier molecular flexibility index (Phi) is 3.20. The van der Waals surface area contributed by atoms with E-state index in [1.165, 1.54) is 0 Å². The fourth-order valence-electron chi connectivity index (χ4n) is 1.42. The number of nitrogens with two attached hydrogens (primary N) is 1. The summed E-state index contributed by atoms with van der Waals surface area (Å²) in [5, 5.41) is 0. The second kappa shape index (κ2) is 3.94. The molecule has 0 spiro atoms.